The summed E-state index contributed by atoms with van der Waals surface area (Å²) in [5.74, 6) is -0.148. The van der Waals surface area contributed by atoms with E-state index in [0.29, 0.717) is 5.69 Å². The Morgan fingerprint density at radius 2 is 2.36 bits per heavy atom. The molecule has 1 aliphatic rings. The molecule has 1 aromatic rings. The van der Waals surface area contributed by atoms with E-state index in [4.69, 9.17) is 0 Å². The van der Waals surface area contributed by atoms with Crippen LogP contribution in [0.4, 0.5) is 0 Å². The smallest absolute Gasteiger partial charge is 0.273 e. The standard InChI is InChI=1S/C9H13N3O2/c13-9(8-3-6-14-12-8)11-7-1-4-10-5-2-7/h3,6-7,10H,1-2,4-5H2,(H,11,13). The molecule has 0 atom stereocenters. The van der Waals surface area contributed by atoms with Gasteiger partial charge in [0.05, 0.1) is 0 Å². The first-order valence-corrected chi connectivity index (χ1v) is 4.78. The van der Waals surface area contributed by atoms with Crippen molar-refractivity contribution in [2.75, 3.05) is 13.1 Å². The predicted octanol–water partition coefficient (Wildman–Crippen LogP) is 0.156. The van der Waals surface area contributed by atoms with Crippen LogP contribution in [0, 0.1) is 0 Å². The van der Waals surface area contributed by atoms with Crippen molar-refractivity contribution >= 4 is 5.91 Å². The molecule has 0 saturated carbocycles. The highest BCUT2D eigenvalue weighted by Gasteiger charge is 2.17. The lowest BCUT2D eigenvalue weighted by Crippen LogP contribution is -2.42. The molecule has 0 radical (unpaired) electrons. The number of carbonyl (C=O) groups excluding carboxylic acids is 1. The van der Waals surface area contributed by atoms with Gasteiger partial charge in [0.15, 0.2) is 5.69 Å². The monoisotopic (exact) mass is 195 g/mol. The maximum absolute atomic E-state index is 11.5. The number of nitrogens with one attached hydrogen (secondary N) is 2. The van der Waals surface area contributed by atoms with Gasteiger partial charge < -0.3 is 15.2 Å². The molecule has 76 valence electrons. The van der Waals surface area contributed by atoms with Crippen LogP contribution in [-0.4, -0.2) is 30.2 Å². The summed E-state index contributed by atoms with van der Waals surface area (Å²) in [5, 5.41) is 9.74. The first-order valence-electron chi connectivity index (χ1n) is 4.78. The van der Waals surface area contributed by atoms with Gasteiger partial charge in [-0.1, -0.05) is 5.16 Å². The van der Waals surface area contributed by atoms with E-state index in [9.17, 15) is 4.79 Å². The van der Waals surface area contributed by atoms with Crippen LogP contribution in [0.5, 0.6) is 0 Å². The molecule has 0 aliphatic carbocycles. The van der Waals surface area contributed by atoms with Crippen molar-refractivity contribution in [2.45, 2.75) is 18.9 Å². The Hall–Kier alpha value is -1.36. The third-order valence-electron chi connectivity index (χ3n) is 2.34. The van der Waals surface area contributed by atoms with Crippen molar-refractivity contribution in [2.24, 2.45) is 0 Å². The minimum atomic E-state index is -0.148. The van der Waals surface area contributed by atoms with E-state index >= 15 is 0 Å². The fraction of sp³-hybridized carbons (Fsp3) is 0.556. The molecular formula is C9H13N3O2. The number of rotatable bonds is 2. The Morgan fingerprint density at radius 3 is 3.00 bits per heavy atom. The normalized spacial score (nSPS) is 18.0. The Balaban J connectivity index is 1.87. The third kappa shape index (κ3) is 2.11. The Labute approximate surface area is 81.8 Å². The summed E-state index contributed by atoms with van der Waals surface area (Å²) in [7, 11) is 0. The van der Waals surface area contributed by atoms with Gasteiger partial charge in [0.25, 0.3) is 5.91 Å². The topological polar surface area (TPSA) is 67.2 Å². The molecule has 0 bridgehead atoms. The maximum atomic E-state index is 11.5. The lowest BCUT2D eigenvalue weighted by molar-refractivity contribution is 0.0920. The van der Waals surface area contributed by atoms with E-state index in [2.05, 4.69) is 20.3 Å². The number of amides is 1. The summed E-state index contributed by atoms with van der Waals surface area (Å²) in [6, 6.07) is 1.83. The van der Waals surface area contributed by atoms with E-state index in [1.54, 1.807) is 6.07 Å². The van der Waals surface area contributed by atoms with E-state index < -0.39 is 0 Å². The molecule has 1 aliphatic heterocycles. The number of hydrogen-bond acceptors (Lipinski definition) is 4. The van der Waals surface area contributed by atoms with E-state index in [1.165, 1.54) is 6.26 Å². The molecule has 5 nitrogen and oxygen atoms in total. The second-order valence-corrected chi connectivity index (χ2v) is 3.38. The molecule has 2 N–H and O–H groups in total. The molecule has 14 heavy (non-hydrogen) atoms. The van der Waals surface area contributed by atoms with Gasteiger partial charge in [-0.15, -0.1) is 0 Å². The van der Waals surface area contributed by atoms with Crippen molar-refractivity contribution in [1.29, 1.82) is 0 Å². The van der Waals surface area contributed by atoms with Gasteiger partial charge in [0.2, 0.25) is 0 Å². The number of carbonyl (C=O) groups is 1. The first-order chi connectivity index (χ1) is 6.86. The number of piperidine rings is 1. The third-order valence-corrected chi connectivity index (χ3v) is 2.34. The molecule has 2 rings (SSSR count). The Bertz CT molecular complexity index is 291. The van der Waals surface area contributed by atoms with E-state index in [1.807, 2.05) is 0 Å². The Morgan fingerprint density at radius 1 is 1.57 bits per heavy atom. The van der Waals surface area contributed by atoms with Crippen LogP contribution in [0.3, 0.4) is 0 Å². The zero-order valence-corrected chi connectivity index (χ0v) is 7.82. The molecule has 2 heterocycles. The van der Waals surface area contributed by atoms with Crippen LogP contribution in [-0.2, 0) is 0 Å². The van der Waals surface area contributed by atoms with Gasteiger partial charge in [-0.3, -0.25) is 4.79 Å². The zero-order valence-electron chi connectivity index (χ0n) is 7.82. The maximum Gasteiger partial charge on any atom is 0.273 e. The van der Waals surface area contributed by atoms with Gasteiger partial charge in [0.1, 0.15) is 6.26 Å². The summed E-state index contributed by atoms with van der Waals surface area (Å²) >= 11 is 0. The molecule has 1 fully saturated rings. The quantitative estimate of drug-likeness (QED) is 0.705. The number of nitrogens with zero attached hydrogens (tertiary/aromatic N) is 1. The van der Waals surface area contributed by atoms with Crippen molar-refractivity contribution < 1.29 is 9.32 Å². The first kappa shape index (κ1) is 9.21. The highest BCUT2D eigenvalue weighted by atomic mass is 16.5. The van der Waals surface area contributed by atoms with Gasteiger partial charge >= 0.3 is 0 Å². The fourth-order valence-corrected chi connectivity index (χ4v) is 1.56. The molecule has 1 saturated heterocycles. The zero-order chi connectivity index (χ0) is 9.80. The summed E-state index contributed by atoms with van der Waals surface area (Å²) in [5.41, 5.74) is 0.350. The molecule has 1 amide bonds. The van der Waals surface area contributed by atoms with Gasteiger partial charge in [-0.05, 0) is 25.9 Å². The van der Waals surface area contributed by atoms with Crippen LogP contribution >= 0.6 is 0 Å². The highest BCUT2D eigenvalue weighted by Crippen LogP contribution is 2.03. The molecule has 0 unspecified atom stereocenters. The van der Waals surface area contributed by atoms with Gasteiger partial charge in [-0.25, -0.2) is 0 Å². The van der Waals surface area contributed by atoms with Crippen molar-refractivity contribution in [3.05, 3.63) is 18.0 Å². The summed E-state index contributed by atoms with van der Waals surface area (Å²) in [6.07, 6.45) is 3.35. The van der Waals surface area contributed by atoms with E-state index in [-0.39, 0.29) is 11.9 Å². The minimum absolute atomic E-state index is 0.148. The highest BCUT2D eigenvalue weighted by molar-refractivity contribution is 5.92. The summed E-state index contributed by atoms with van der Waals surface area (Å²) in [6.45, 7) is 1.92. The average molecular weight is 195 g/mol. The van der Waals surface area contributed by atoms with Crippen LogP contribution in [0.25, 0.3) is 0 Å². The van der Waals surface area contributed by atoms with Gasteiger partial charge in [-0.2, -0.15) is 0 Å². The average Bonchev–Trinajstić information content (AvgIpc) is 2.72. The van der Waals surface area contributed by atoms with Crippen molar-refractivity contribution in [1.82, 2.24) is 15.8 Å². The second kappa shape index (κ2) is 4.23. The molecule has 0 aromatic carbocycles. The summed E-state index contributed by atoms with van der Waals surface area (Å²) in [4.78, 5) is 11.5. The molecule has 1 aromatic heterocycles. The minimum Gasteiger partial charge on any atom is -0.364 e. The molecule has 0 spiro atoms. The predicted molar refractivity (Wildman–Crippen MR) is 49.9 cm³/mol. The van der Waals surface area contributed by atoms with Crippen LogP contribution in [0.2, 0.25) is 0 Å². The SMILES string of the molecule is O=C(NC1CCNCC1)c1ccon1. The van der Waals surface area contributed by atoms with Crippen molar-refractivity contribution in [3.8, 4) is 0 Å². The van der Waals surface area contributed by atoms with Crippen LogP contribution in [0.15, 0.2) is 16.9 Å². The lowest BCUT2D eigenvalue weighted by atomic mass is 10.1. The largest absolute Gasteiger partial charge is 0.364 e. The van der Waals surface area contributed by atoms with Crippen molar-refractivity contribution in [3.63, 3.8) is 0 Å². The van der Waals surface area contributed by atoms with E-state index in [0.717, 1.165) is 25.9 Å². The molecular weight excluding hydrogens is 182 g/mol. The van der Waals surface area contributed by atoms with Crippen LogP contribution < -0.4 is 10.6 Å². The second-order valence-electron chi connectivity index (χ2n) is 3.38. The lowest BCUT2D eigenvalue weighted by Gasteiger charge is -2.23. The summed E-state index contributed by atoms with van der Waals surface area (Å²) < 4.78 is 4.60. The Kier molecular flexibility index (Phi) is 2.78. The van der Waals surface area contributed by atoms with Crippen LogP contribution in [0.1, 0.15) is 23.3 Å². The van der Waals surface area contributed by atoms with Gasteiger partial charge in [0, 0.05) is 12.1 Å². The number of aromatic nitrogens is 1. The fourth-order valence-electron chi connectivity index (χ4n) is 1.56. The number of hydrogen-bond donors (Lipinski definition) is 2. The molecule has 5 heteroatoms.